The third kappa shape index (κ3) is 3.19. The van der Waals surface area contributed by atoms with Crippen LogP contribution in [0.5, 0.6) is 0 Å². The van der Waals surface area contributed by atoms with Crippen LogP contribution in [-0.4, -0.2) is 19.5 Å². The Hall–Kier alpha value is -0.560. The molecule has 0 N–H and O–H groups in total. The number of benzene rings is 1. The maximum atomic E-state index is 12.6. The van der Waals surface area contributed by atoms with Gasteiger partial charge < -0.3 is 0 Å². The van der Waals surface area contributed by atoms with Gasteiger partial charge in [0, 0.05) is 5.33 Å². The quantitative estimate of drug-likeness (QED) is 0.749. The highest BCUT2D eigenvalue weighted by molar-refractivity contribution is 9.09. The monoisotopic (exact) mass is 370 g/mol. The van der Waals surface area contributed by atoms with Crippen molar-refractivity contribution < 1.29 is 21.6 Å². The SMILES string of the molecule is O=S(=O)(CC1(CBr)CCC1)c1cccc(C(F)(F)F)c1. The summed E-state index contributed by atoms with van der Waals surface area (Å²) in [6.07, 6.45) is -1.99. The molecule has 0 unspecified atom stereocenters. The van der Waals surface area contributed by atoms with E-state index in [2.05, 4.69) is 15.9 Å². The summed E-state index contributed by atoms with van der Waals surface area (Å²) in [6, 6.07) is 3.96. The van der Waals surface area contributed by atoms with Gasteiger partial charge in [0.1, 0.15) is 0 Å². The third-order valence-electron chi connectivity index (χ3n) is 3.71. The van der Waals surface area contributed by atoms with Gasteiger partial charge in [0.2, 0.25) is 0 Å². The highest BCUT2D eigenvalue weighted by Gasteiger charge is 2.41. The predicted octanol–water partition coefficient (Wildman–Crippen LogP) is 4.04. The first kappa shape index (κ1) is 15.8. The highest BCUT2D eigenvalue weighted by Crippen LogP contribution is 2.44. The maximum absolute atomic E-state index is 12.6. The van der Waals surface area contributed by atoms with Gasteiger partial charge in [-0.25, -0.2) is 8.42 Å². The average Bonchev–Trinajstić information content (AvgIpc) is 2.33. The van der Waals surface area contributed by atoms with Crippen molar-refractivity contribution in [2.75, 3.05) is 11.1 Å². The van der Waals surface area contributed by atoms with Crippen LogP contribution in [-0.2, 0) is 16.0 Å². The normalized spacial score (nSPS) is 18.6. The van der Waals surface area contributed by atoms with Crippen molar-refractivity contribution in [3.63, 3.8) is 0 Å². The summed E-state index contributed by atoms with van der Waals surface area (Å²) in [5.74, 6) is -0.105. The lowest BCUT2D eigenvalue weighted by Gasteiger charge is -2.40. The van der Waals surface area contributed by atoms with Crippen LogP contribution in [0.15, 0.2) is 29.2 Å². The molecule has 1 fully saturated rings. The number of hydrogen-bond donors (Lipinski definition) is 0. The molecule has 0 bridgehead atoms. The summed E-state index contributed by atoms with van der Waals surface area (Å²) >= 11 is 3.31. The van der Waals surface area contributed by atoms with Gasteiger partial charge in [0.05, 0.1) is 16.2 Å². The third-order valence-corrected chi connectivity index (χ3v) is 6.87. The number of sulfone groups is 1. The fraction of sp³-hybridized carbons (Fsp3) is 0.538. The summed E-state index contributed by atoms with van der Waals surface area (Å²) in [5, 5.41) is 0.554. The van der Waals surface area contributed by atoms with Crippen LogP contribution in [0.4, 0.5) is 13.2 Å². The molecule has 0 aromatic heterocycles. The van der Waals surface area contributed by atoms with Crippen molar-refractivity contribution in [2.24, 2.45) is 5.41 Å². The lowest BCUT2D eigenvalue weighted by molar-refractivity contribution is -0.137. The zero-order chi connectivity index (χ0) is 15.0. The molecule has 112 valence electrons. The van der Waals surface area contributed by atoms with Gasteiger partial charge in [0.25, 0.3) is 0 Å². The fourth-order valence-corrected chi connectivity index (χ4v) is 5.32. The molecule has 0 spiro atoms. The van der Waals surface area contributed by atoms with Crippen molar-refractivity contribution in [1.82, 2.24) is 0 Å². The number of rotatable bonds is 4. The van der Waals surface area contributed by atoms with Crippen LogP contribution < -0.4 is 0 Å². The summed E-state index contributed by atoms with van der Waals surface area (Å²) in [5.41, 5.74) is -1.26. The van der Waals surface area contributed by atoms with Crippen molar-refractivity contribution in [2.45, 2.75) is 30.3 Å². The lowest BCUT2D eigenvalue weighted by atomic mass is 9.72. The van der Waals surface area contributed by atoms with Gasteiger partial charge in [-0.15, -0.1) is 0 Å². The molecular weight excluding hydrogens is 357 g/mol. The first-order chi connectivity index (χ1) is 9.19. The number of halogens is 4. The van der Waals surface area contributed by atoms with Crippen molar-refractivity contribution in [1.29, 1.82) is 0 Å². The highest BCUT2D eigenvalue weighted by atomic mass is 79.9. The number of alkyl halides is 4. The van der Waals surface area contributed by atoms with E-state index in [1.807, 2.05) is 0 Å². The Morgan fingerprint density at radius 1 is 1.25 bits per heavy atom. The minimum Gasteiger partial charge on any atom is -0.224 e. The predicted molar refractivity (Wildman–Crippen MR) is 73.6 cm³/mol. The van der Waals surface area contributed by atoms with Crippen molar-refractivity contribution in [3.8, 4) is 0 Å². The molecule has 1 aliphatic rings. The Labute approximate surface area is 124 Å². The van der Waals surface area contributed by atoms with E-state index in [4.69, 9.17) is 0 Å². The van der Waals surface area contributed by atoms with Crippen molar-refractivity contribution in [3.05, 3.63) is 29.8 Å². The molecule has 0 amide bonds. The Bertz CT molecular complexity index is 586. The summed E-state index contributed by atoms with van der Waals surface area (Å²) in [6.45, 7) is 0. The Kier molecular flexibility index (Phi) is 4.22. The van der Waals surface area contributed by atoms with E-state index in [0.717, 1.165) is 37.5 Å². The molecule has 2 rings (SSSR count). The largest absolute Gasteiger partial charge is 0.416 e. The molecule has 1 saturated carbocycles. The molecule has 7 heteroatoms. The fourth-order valence-electron chi connectivity index (χ4n) is 2.35. The van der Waals surface area contributed by atoms with E-state index in [9.17, 15) is 21.6 Å². The Morgan fingerprint density at radius 3 is 2.35 bits per heavy atom. The second-order valence-electron chi connectivity index (χ2n) is 5.27. The first-order valence-electron chi connectivity index (χ1n) is 6.15. The van der Waals surface area contributed by atoms with Gasteiger partial charge in [-0.05, 0) is 36.5 Å². The summed E-state index contributed by atoms with van der Waals surface area (Å²) in [7, 11) is -3.70. The molecule has 0 atom stereocenters. The summed E-state index contributed by atoms with van der Waals surface area (Å²) in [4.78, 5) is -0.250. The zero-order valence-electron chi connectivity index (χ0n) is 10.6. The van der Waals surface area contributed by atoms with Gasteiger partial charge in [-0.1, -0.05) is 28.4 Å². The Balaban J connectivity index is 2.30. The van der Waals surface area contributed by atoms with E-state index in [-0.39, 0.29) is 16.1 Å². The van der Waals surface area contributed by atoms with Crippen LogP contribution in [0.2, 0.25) is 0 Å². The minimum atomic E-state index is -4.53. The van der Waals surface area contributed by atoms with Gasteiger partial charge in [-0.2, -0.15) is 13.2 Å². The first-order valence-corrected chi connectivity index (χ1v) is 8.92. The molecule has 0 heterocycles. The van der Waals surface area contributed by atoms with Crippen molar-refractivity contribution >= 4 is 25.8 Å². The van der Waals surface area contributed by atoms with E-state index >= 15 is 0 Å². The maximum Gasteiger partial charge on any atom is 0.416 e. The number of hydrogen-bond acceptors (Lipinski definition) is 2. The van der Waals surface area contributed by atoms with Crippen LogP contribution >= 0.6 is 15.9 Å². The van der Waals surface area contributed by atoms with Crippen LogP contribution in [0.1, 0.15) is 24.8 Å². The van der Waals surface area contributed by atoms with Gasteiger partial charge >= 0.3 is 6.18 Å². The molecule has 20 heavy (non-hydrogen) atoms. The van der Waals surface area contributed by atoms with Crippen LogP contribution in [0.3, 0.4) is 0 Å². The van der Waals surface area contributed by atoms with E-state index in [1.165, 1.54) is 6.07 Å². The Morgan fingerprint density at radius 2 is 1.90 bits per heavy atom. The molecule has 1 aliphatic carbocycles. The second kappa shape index (κ2) is 5.33. The van der Waals surface area contributed by atoms with E-state index < -0.39 is 21.6 Å². The topological polar surface area (TPSA) is 34.1 Å². The molecule has 1 aromatic rings. The standard InChI is InChI=1S/C13H14BrF3O2S/c14-8-12(5-2-6-12)9-20(18,19)11-4-1-3-10(7-11)13(15,16)17/h1,3-4,7H,2,5-6,8-9H2. The van der Waals surface area contributed by atoms with E-state index in [0.29, 0.717) is 5.33 Å². The van der Waals surface area contributed by atoms with Crippen LogP contribution in [0.25, 0.3) is 0 Å². The second-order valence-corrected chi connectivity index (χ2v) is 7.82. The minimum absolute atomic E-state index is 0.105. The van der Waals surface area contributed by atoms with E-state index in [1.54, 1.807) is 0 Å². The molecular formula is C13H14BrF3O2S. The van der Waals surface area contributed by atoms with Gasteiger partial charge in [-0.3, -0.25) is 0 Å². The molecule has 1 aromatic carbocycles. The smallest absolute Gasteiger partial charge is 0.224 e. The lowest BCUT2D eigenvalue weighted by Crippen LogP contribution is -2.38. The molecule has 0 radical (unpaired) electrons. The summed E-state index contributed by atoms with van der Waals surface area (Å²) < 4.78 is 62.5. The molecule has 0 saturated heterocycles. The molecule has 2 nitrogen and oxygen atoms in total. The van der Waals surface area contributed by atoms with Crippen LogP contribution in [0, 0.1) is 5.41 Å². The van der Waals surface area contributed by atoms with Gasteiger partial charge in [0.15, 0.2) is 9.84 Å². The average molecular weight is 371 g/mol. The molecule has 0 aliphatic heterocycles. The zero-order valence-corrected chi connectivity index (χ0v) is 13.0.